The van der Waals surface area contributed by atoms with Crippen LogP contribution >= 0.6 is 0 Å². The van der Waals surface area contributed by atoms with Crippen molar-refractivity contribution in [2.45, 2.75) is 76.2 Å². The zero-order chi connectivity index (χ0) is 24.1. The van der Waals surface area contributed by atoms with Gasteiger partial charge in [0.2, 0.25) is 5.95 Å². The van der Waals surface area contributed by atoms with Crippen molar-refractivity contribution in [2.75, 3.05) is 4.90 Å². The number of carbonyl (C=O) groups is 1. The molecule has 4 heterocycles. The van der Waals surface area contributed by atoms with E-state index in [0.717, 1.165) is 49.8 Å². The molecule has 1 aromatic carbocycles. The summed E-state index contributed by atoms with van der Waals surface area (Å²) in [4.78, 5) is 22.5. The summed E-state index contributed by atoms with van der Waals surface area (Å²) in [6, 6.07) is 8.32. The molecule has 182 valence electrons. The lowest BCUT2D eigenvalue weighted by atomic mass is 9.99. The highest BCUT2D eigenvalue weighted by Crippen LogP contribution is 2.45. The summed E-state index contributed by atoms with van der Waals surface area (Å²) in [5, 5.41) is 13.7. The van der Waals surface area contributed by atoms with Gasteiger partial charge in [-0.3, -0.25) is 0 Å². The fourth-order valence-corrected chi connectivity index (χ4v) is 5.56. The molecule has 2 bridgehead atoms. The van der Waals surface area contributed by atoms with Crippen LogP contribution in [0, 0.1) is 12.7 Å². The lowest BCUT2D eigenvalue weighted by molar-refractivity contribution is 0.0144. The molecule has 3 atom stereocenters. The van der Waals surface area contributed by atoms with Gasteiger partial charge in [-0.25, -0.2) is 19.2 Å². The number of anilines is 1. The molecule has 0 radical (unpaired) electrons. The number of piperidine rings is 1. The fraction of sp³-hybridized carbons (Fsp3) is 0.462. The van der Waals surface area contributed by atoms with E-state index in [0.29, 0.717) is 35.4 Å². The number of carboxylic acids is 1. The van der Waals surface area contributed by atoms with E-state index in [4.69, 9.17) is 9.26 Å². The number of aryl methyl sites for hydroxylation is 1. The number of nitrogens with zero attached hydrogens (tertiary/aromatic N) is 4. The van der Waals surface area contributed by atoms with Crippen LogP contribution in [0.2, 0.25) is 0 Å². The van der Waals surface area contributed by atoms with Crippen LogP contribution in [-0.2, 0) is 11.3 Å². The van der Waals surface area contributed by atoms with E-state index in [2.05, 4.69) is 20.0 Å². The second kappa shape index (κ2) is 8.71. The minimum Gasteiger partial charge on any atom is -0.477 e. The Morgan fingerprint density at radius 2 is 1.94 bits per heavy atom. The highest BCUT2D eigenvalue weighted by atomic mass is 19.1. The molecular weight excluding hydrogens is 451 g/mol. The van der Waals surface area contributed by atoms with E-state index in [9.17, 15) is 14.3 Å². The van der Waals surface area contributed by atoms with Gasteiger partial charge in [-0.1, -0.05) is 17.3 Å². The summed E-state index contributed by atoms with van der Waals surface area (Å²) in [6.07, 6.45) is 5.82. The van der Waals surface area contributed by atoms with Gasteiger partial charge in [0, 0.05) is 34.8 Å². The minimum absolute atomic E-state index is 0.0233. The molecule has 1 aliphatic carbocycles. The summed E-state index contributed by atoms with van der Waals surface area (Å²) in [5.41, 5.74) is 2.94. The first-order chi connectivity index (χ1) is 17.0. The number of aromatic carboxylic acids is 1. The Bertz CT molecular complexity index is 1260. The summed E-state index contributed by atoms with van der Waals surface area (Å²) in [7, 11) is 0. The van der Waals surface area contributed by atoms with Crippen molar-refractivity contribution in [3.05, 3.63) is 58.9 Å². The Kier molecular flexibility index (Phi) is 5.51. The molecule has 6 rings (SSSR count). The Labute approximate surface area is 202 Å². The number of rotatable bonds is 7. The van der Waals surface area contributed by atoms with Crippen LogP contribution in [0.5, 0.6) is 0 Å². The van der Waals surface area contributed by atoms with Gasteiger partial charge in [0.15, 0.2) is 5.69 Å². The summed E-state index contributed by atoms with van der Waals surface area (Å²) in [5.74, 6) is 0.370. The first kappa shape index (κ1) is 22.2. The molecule has 3 aliphatic rings. The van der Waals surface area contributed by atoms with Gasteiger partial charge in [-0.05, 0) is 63.6 Å². The zero-order valence-electron chi connectivity index (χ0n) is 19.5. The lowest BCUT2D eigenvalue weighted by Gasteiger charge is -2.39. The van der Waals surface area contributed by atoms with Gasteiger partial charge in [-0.15, -0.1) is 0 Å². The molecule has 9 heteroatoms. The number of benzene rings is 1. The normalized spacial score (nSPS) is 23.6. The molecule has 3 aromatic rings. The van der Waals surface area contributed by atoms with E-state index >= 15 is 0 Å². The molecule has 2 unspecified atom stereocenters. The third kappa shape index (κ3) is 4.29. The van der Waals surface area contributed by atoms with Gasteiger partial charge in [-0.2, -0.15) is 0 Å². The van der Waals surface area contributed by atoms with Gasteiger partial charge < -0.3 is 19.3 Å². The smallest absolute Gasteiger partial charge is 0.354 e. The van der Waals surface area contributed by atoms with E-state index in [1.165, 1.54) is 18.2 Å². The average Bonchev–Trinajstić information content (AvgIpc) is 3.53. The Hall–Kier alpha value is -3.33. The van der Waals surface area contributed by atoms with Crippen LogP contribution in [0.4, 0.5) is 10.3 Å². The van der Waals surface area contributed by atoms with Gasteiger partial charge in [0.25, 0.3) is 0 Å². The third-order valence-electron chi connectivity index (χ3n) is 7.31. The Morgan fingerprint density at radius 1 is 1.17 bits per heavy atom. The van der Waals surface area contributed by atoms with E-state index < -0.39 is 5.97 Å². The molecule has 1 saturated carbocycles. The molecular formula is C26H27FN4O4. The fourth-order valence-electron chi connectivity index (χ4n) is 5.56. The molecule has 3 fully saturated rings. The maximum Gasteiger partial charge on any atom is 0.354 e. The van der Waals surface area contributed by atoms with Crippen LogP contribution in [-0.4, -0.2) is 44.4 Å². The number of carboxylic acid groups (broad SMARTS) is 1. The second-order valence-electron chi connectivity index (χ2n) is 9.86. The maximum atomic E-state index is 13.9. The summed E-state index contributed by atoms with van der Waals surface area (Å²) in [6.45, 7) is 2.16. The first-order valence-electron chi connectivity index (χ1n) is 12.2. The topological polar surface area (TPSA) is 102 Å². The highest BCUT2D eigenvalue weighted by molar-refractivity contribution is 5.85. The van der Waals surface area contributed by atoms with Crippen molar-refractivity contribution in [3.8, 4) is 11.3 Å². The van der Waals surface area contributed by atoms with Crippen molar-refractivity contribution >= 4 is 11.9 Å². The van der Waals surface area contributed by atoms with Crippen LogP contribution in [0.15, 0.2) is 34.9 Å². The van der Waals surface area contributed by atoms with Crippen molar-refractivity contribution < 1.29 is 23.6 Å². The van der Waals surface area contributed by atoms with Gasteiger partial charge in [0.1, 0.15) is 17.3 Å². The lowest BCUT2D eigenvalue weighted by Crippen LogP contribution is -2.46. The van der Waals surface area contributed by atoms with Crippen molar-refractivity contribution in [1.82, 2.24) is 15.1 Å². The SMILES string of the molecule is Cc1cc(C(=O)O)nc(N2C3CC[C@H]2CC(OCc2c(-c4cccc(F)c4)noc2C2CC2)C3)n1. The quantitative estimate of drug-likeness (QED) is 0.513. The molecule has 1 N–H and O–H groups in total. The summed E-state index contributed by atoms with van der Waals surface area (Å²) < 4.78 is 26.0. The van der Waals surface area contributed by atoms with Crippen molar-refractivity contribution in [3.63, 3.8) is 0 Å². The Balaban J connectivity index is 1.19. The predicted molar refractivity (Wildman–Crippen MR) is 125 cm³/mol. The van der Waals surface area contributed by atoms with Crippen molar-refractivity contribution in [2.24, 2.45) is 0 Å². The predicted octanol–water partition coefficient (Wildman–Crippen LogP) is 4.87. The highest BCUT2D eigenvalue weighted by Gasteiger charge is 2.43. The number of fused-ring (bicyclic) bond motifs is 2. The van der Waals surface area contributed by atoms with Crippen LogP contribution in [0.3, 0.4) is 0 Å². The molecule has 35 heavy (non-hydrogen) atoms. The molecule has 2 aromatic heterocycles. The molecule has 0 amide bonds. The second-order valence-corrected chi connectivity index (χ2v) is 9.86. The van der Waals surface area contributed by atoms with E-state index in [1.807, 2.05) is 6.07 Å². The van der Waals surface area contributed by atoms with E-state index in [1.54, 1.807) is 13.0 Å². The molecule has 0 spiro atoms. The average molecular weight is 479 g/mol. The molecule has 2 saturated heterocycles. The Morgan fingerprint density at radius 3 is 2.63 bits per heavy atom. The van der Waals surface area contributed by atoms with Crippen molar-refractivity contribution in [1.29, 1.82) is 0 Å². The number of hydrogen-bond donors (Lipinski definition) is 1. The largest absolute Gasteiger partial charge is 0.477 e. The van der Waals surface area contributed by atoms with Gasteiger partial charge >= 0.3 is 5.97 Å². The number of halogens is 1. The van der Waals surface area contributed by atoms with Crippen LogP contribution in [0.25, 0.3) is 11.3 Å². The van der Waals surface area contributed by atoms with Crippen LogP contribution < -0.4 is 4.90 Å². The minimum atomic E-state index is -1.04. The molecule has 2 aliphatic heterocycles. The maximum absolute atomic E-state index is 13.9. The summed E-state index contributed by atoms with van der Waals surface area (Å²) >= 11 is 0. The number of ether oxygens (including phenoxy) is 1. The number of hydrogen-bond acceptors (Lipinski definition) is 7. The molecule has 8 nitrogen and oxygen atoms in total. The zero-order valence-corrected chi connectivity index (χ0v) is 19.5. The first-order valence-corrected chi connectivity index (χ1v) is 12.2. The third-order valence-corrected chi connectivity index (χ3v) is 7.31. The standard InChI is InChI=1S/C26H27FN4O4/c1-14-9-22(25(32)33)29-26(28-14)31-18-7-8-19(31)12-20(11-18)34-13-21-23(16-3-2-4-17(27)10-16)30-35-24(21)15-5-6-15/h2-4,9-10,15,18-20H,5-8,11-13H2,1H3,(H,32,33)/t18-,19?,20?/m0/s1. The number of aromatic nitrogens is 3. The van der Waals surface area contributed by atoms with E-state index in [-0.39, 0.29) is 29.7 Å². The monoisotopic (exact) mass is 478 g/mol. The van der Waals surface area contributed by atoms with Gasteiger partial charge in [0.05, 0.1) is 12.7 Å². The van der Waals surface area contributed by atoms with Crippen LogP contribution in [0.1, 0.15) is 71.9 Å².